The molecule has 1 aromatic rings. The van der Waals surface area contributed by atoms with Gasteiger partial charge in [-0.1, -0.05) is 149 Å². The first-order valence-electron chi connectivity index (χ1n) is 14.2. The lowest BCUT2D eigenvalue weighted by Crippen LogP contribution is -2.24. The zero-order valence-electron chi connectivity index (χ0n) is 25.3. The van der Waals surface area contributed by atoms with Gasteiger partial charge in [0.05, 0.1) is 0 Å². The van der Waals surface area contributed by atoms with Gasteiger partial charge in [0.1, 0.15) is 0 Å². The van der Waals surface area contributed by atoms with Crippen LogP contribution < -0.4 is 4.90 Å². The third-order valence-corrected chi connectivity index (χ3v) is 6.24. The fourth-order valence-electron chi connectivity index (χ4n) is 3.58. The maximum Gasteiger partial charge on any atom is 0.0487 e. The summed E-state index contributed by atoms with van der Waals surface area (Å²) >= 11 is 0. The van der Waals surface area contributed by atoms with Crippen LogP contribution in [0.15, 0.2) is 72.6 Å². The Labute approximate surface area is 221 Å². The summed E-state index contributed by atoms with van der Waals surface area (Å²) in [6.07, 6.45) is 18.8. The zero-order valence-corrected chi connectivity index (χ0v) is 25.3. The number of hydrogen-bond acceptors (Lipinski definition) is 1. The minimum absolute atomic E-state index is 0.0655. The maximum atomic E-state index is 4.15. The van der Waals surface area contributed by atoms with E-state index in [0.29, 0.717) is 0 Å². The van der Waals surface area contributed by atoms with Gasteiger partial charge in [-0.2, -0.15) is 0 Å². The van der Waals surface area contributed by atoms with E-state index in [1.807, 2.05) is 20.8 Å². The average Bonchev–Trinajstić information content (AvgIpc) is 2.85. The molecule has 0 spiro atoms. The summed E-state index contributed by atoms with van der Waals surface area (Å²) in [5, 5.41) is 0. The number of rotatable bonds is 10. The van der Waals surface area contributed by atoms with E-state index in [1.54, 1.807) is 0 Å². The highest BCUT2D eigenvalue weighted by Crippen LogP contribution is 2.38. The van der Waals surface area contributed by atoms with Crippen molar-refractivity contribution in [3.8, 4) is 0 Å². The molecule has 2 rings (SSSR count). The smallest absolute Gasteiger partial charge is 0.0487 e. The number of aryl methyl sites for hydroxylation is 1. The Morgan fingerprint density at radius 2 is 1.31 bits per heavy atom. The molecule has 1 unspecified atom stereocenters. The molecule has 1 aromatic carbocycles. The summed E-state index contributed by atoms with van der Waals surface area (Å²) in [7, 11) is 0. The molecule has 1 aliphatic carbocycles. The number of nitrogens with zero attached hydrogens (tertiary/aromatic N) is 1. The van der Waals surface area contributed by atoms with Crippen LogP contribution in [-0.2, 0) is 0 Å². The van der Waals surface area contributed by atoms with Crippen molar-refractivity contribution in [2.24, 2.45) is 5.41 Å². The van der Waals surface area contributed by atoms with Gasteiger partial charge in [-0.25, -0.2) is 0 Å². The molecule has 0 heterocycles. The molecule has 35 heavy (non-hydrogen) atoms. The van der Waals surface area contributed by atoms with Gasteiger partial charge in [-0.3, -0.25) is 0 Å². The van der Waals surface area contributed by atoms with Gasteiger partial charge in [0.25, 0.3) is 0 Å². The fourth-order valence-corrected chi connectivity index (χ4v) is 3.58. The second kappa shape index (κ2) is 21.3. The van der Waals surface area contributed by atoms with Crippen LogP contribution >= 0.6 is 0 Å². The van der Waals surface area contributed by atoms with E-state index in [1.165, 1.54) is 73.9 Å². The van der Waals surface area contributed by atoms with Crippen molar-refractivity contribution in [1.29, 1.82) is 0 Å². The first-order chi connectivity index (χ1) is 16.7. The Morgan fingerprint density at radius 3 is 1.63 bits per heavy atom. The monoisotopic (exact) mass is 481 g/mol. The molecule has 200 valence electrons. The van der Waals surface area contributed by atoms with Gasteiger partial charge in [0, 0.05) is 22.5 Å². The van der Waals surface area contributed by atoms with Crippen LogP contribution in [0, 0.1) is 12.3 Å². The van der Waals surface area contributed by atoms with Crippen molar-refractivity contribution in [2.75, 3.05) is 4.90 Å². The summed E-state index contributed by atoms with van der Waals surface area (Å²) in [5.74, 6) is 0. The number of hydrogen-bond donors (Lipinski definition) is 0. The van der Waals surface area contributed by atoms with E-state index in [4.69, 9.17) is 0 Å². The number of unbranched alkanes of at least 4 members (excludes halogenated alkanes) is 6. The minimum atomic E-state index is 0.0655. The predicted molar refractivity (Wildman–Crippen MR) is 164 cm³/mol. The number of benzene rings is 1. The zero-order chi connectivity index (χ0) is 27.3. The first-order valence-corrected chi connectivity index (χ1v) is 14.2. The molecular formula is C34H59N. The molecule has 0 radical (unpaired) electrons. The molecule has 0 fully saturated rings. The molecule has 0 saturated carbocycles. The van der Waals surface area contributed by atoms with Gasteiger partial charge in [0.15, 0.2) is 0 Å². The highest BCUT2D eigenvalue weighted by atomic mass is 15.1. The Hall–Kier alpha value is -2.02. The maximum absolute atomic E-state index is 4.15. The summed E-state index contributed by atoms with van der Waals surface area (Å²) in [5.41, 5.74) is 5.93. The SMILES string of the molecule is C=C(C)N(C1=CCC(C)(C(=C)C)C=C1)c1ccccc1C.CC.CCCCCC.CCCCCC. The normalized spacial score (nSPS) is 15.8. The lowest BCUT2D eigenvalue weighted by atomic mass is 9.77. The van der Waals surface area contributed by atoms with Gasteiger partial charge >= 0.3 is 0 Å². The third kappa shape index (κ3) is 14.2. The van der Waals surface area contributed by atoms with Crippen LogP contribution in [0.5, 0.6) is 0 Å². The highest BCUT2D eigenvalue weighted by molar-refractivity contribution is 5.64. The summed E-state index contributed by atoms with van der Waals surface area (Å²) in [4.78, 5) is 2.23. The molecule has 0 aromatic heterocycles. The lowest BCUT2D eigenvalue weighted by molar-refractivity contribution is 0.516. The Balaban J connectivity index is 0. The van der Waals surface area contributed by atoms with Crippen LogP contribution in [-0.4, -0.2) is 0 Å². The molecule has 1 aliphatic rings. The second-order valence-electron chi connectivity index (χ2n) is 9.64. The van der Waals surface area contributed by atoms with Crippen molar-refractivity contribution in [3.05, 3.63) is 78.2 Å². The van der Waals surface area contributed by atoms with Crippen LogP contribution in [0.2, 0.25) is 0 Å². The van der Waals surface area contributed by atoms with E-state index in [0.717, 1.165) is 12.1 Å². The van der Waals surface area contributed by atoms with Gasteiger partial charge < -0.3 is 4.90 Å². The van der Waals surface area contributed by atoms with Crippen LogP contribution in [0.1, 0.15) is 126 Å². The van der Waals surface area contributed by atoms with Gasteiger partial charge in [0.2, 0.25) is 0 Å². The van der Waals surface area contributed by atoms with E-state index in [-0.39, 0.29) is 5.41 Å². The third-order valence-electron chi connectivity index (χ3n) is 6.24. The standard InChI is InChI=1S/C20H25N.2C6H14.C2H6/c1-15(2)20(6)13-11-18(12-14-20)21(16(3)4)19-10-8-7-9-17(19)5;2*1-3-5-6-4-2;1-2/h7-13H,1,3,14H2,2,4-6H3;2*3-6H2,1-2H3;1-2H3. The van der Waals surface area contributed by atoms with E-state index in [2.05, 4.69) is 109 Å². The van der Waals surface area contributed by atoms with E-state index >= 15 is 0 Å². The number of allylic oxidation sites excluding steroid dienone is 5. The van der Waals surface area contributed by atoms with Gasteiger partial charge in [-0.15, -0.1) is 0 Å². The summed E-state index contributed by atoms with van der Waals surface area (Å²) in [6, 6.07) is 8.42. The molecular weight excluding hydrogens is 422 g/mol. The largest absolute Gasteiger partial charge is 0.315 e. The predicted octanol–water partition coefficient (Wildman–Crippen LogP) is 12.0. The van der Waals surface area contributed by atoms with Crippen molar-refractivity contribution in [1.82, 2.24) is 0 Å². The number of para-hydroxylation sites is 1. The molecule has 1 nitrogen and oxygen atoms in total. The van der Waals surface area contributed by atoms with Crippen molar-refractivity contribution >= 4 is 5.69 Å². The first kappa shape index (κ1) is 35.1. The van der Waals surface area contributed by atoms with Crippen LogP contribution in [0.4, 0.5) is 5.69 Å². The lowest BCUT2D eigenvalue weighted by Gasteiger charge is -2.34. The Kier molecular flexibility index (Phi) is 21.4. The van der Waals surface area contributed by atoms with Crippen molar-refractivity contribution in [3.63, 3.8) is 0 Å². The van der Waals surface area contributed by atoms with Crippen LogP contribution in [0.25, 0.3) is 0 Å². The quantitative estimate of drug-likeness (QED) is 0.237. The number of anilines is 1. The topological polar surface area (TPSA) is 3.24 Å². The van der Waals surface area contributed by atoms with E-state index in [9.17, 15) is 0 Å². The second-order valence-corrected chi connectivity index (χ2v) is 9.64. The molecule has 0 aliphatic heterocycles. The van der Waals surface area contributed by atoms with Crippen LogP contribution in [0.3, 0.4) is 0 Å². The molecule has 1 heteroatoms. The van der Waals surface area contributed by atoms with E-state index < -0.39 is 0 Å². The minimum Gasteiger partial charge on any atom is -0.315 e. The van der Waals surface area contributed by atoms with Crippen molar-refractivity contribution < 1.29 is 0 Å². The Morgan fingerprint density at radius 1 is 0.857 bits per heavy atom. The average molecular weight is 482 g/mol. The molecule has 0 bridgehead atoms. The molecule has 0 saturated heterocycles. The molecule has 1 atom stereocenters. The summed E-state index contributed by atoms with van der Waals surface area (Å²) in [6.45, 7) is 29.7. The molecule has 0 N–H and O–H groups in total. The van der Waals surface area contributed by atoms with Crippen molar-refractivity contribution in [2.45, 2.75) is 127 Å². The molecule has 0 amide bonds. The summed E-state index contributed by atoms with van der Waals surface area (Å²) < 4.78 is 0. The van der Waals surface area contributed by atoms with Gasteiger partial charge in [-0.05, 0) is 44.9 Å². The Bertz CT molecular complexity index is 736. The highest BCUT2D eigenvalue weighted by Gasteiger charge is 2.25. The fraction of sp³-hybridized carbons (Fsp3) is 0.588.